The van der Waals surface area contributed by atoms with Crippen LogP contribution >= 0.6 is 0 Å². The second-order valence-corrected chi connectivity index (χ2v) is 5.42. The number of hydrogen-bond donors (Lipinski definition) is 0. The zero-order valence-corrected chi connectivity index (χ0v) is 11.7. The zero-order chi connectivity index (χ0) is 14.8. The van der Waals surface area contributed by atoms with Gasteiger partial charge in [0, 0.05) is 5.41 Å². The van der Waals surface area contributed by atoms with Crippen LogP contribution in [0.2, 0.25) is 0 Å². The van der Waals surface area contributed by atoms with Crippen molar-refractivity contribution < 1.29 is 22.0 Å². The van der Waals surface area contributed by atoms with Crippen molar-refractivity contribution in [2.75, 3.05) is 0 Å². The molecule has 0 bridgehead atoms. The van der Waals surface area contributed by atoms with Crippen LogP contribution in [0.25, 0.3) is 0 Å². The van der Waals surface area contributed by atoms with Crippen molar-refractivity contribution >= 4 is 0 Å². The molecule has 0 aromatic carbocycles. The third kappa shape index (κ3) is 2.50. The molecule has 18 heavy (non-hydrogen) atoms. The molecule has 0 saturated heterocycles. The largest absolute Gasteiger partial charge is 0.400 e. The molecule has 0 heterocycles. The molecule has 0 rings (SSSR count). The van der Waals surface area contributed by atoms with Crippen molar-refractivity contribution in [1.29, 1.82) is 0 Å². The summed E-state index contributed by atoms with van der Waals surface area (Å²) < 4.78 is 68.3. The van der Waals surface area contributed by atoms with Gasteiger partial charge in [-0.1, -0.05) is 34.1 Å². The molecule has 1 unspecified atom stereocenters. The molecule has 5 heteroatoms. The topological polar surface area (TPSA) is 0 Å². The molecule has 0 N–H and O–H groups in total. The molecular weight excluding hydrogens is 251 g/mol. The van der Waals surface area contributed by atoms with Crippen molar-refractivity contribution in [2.24, 2.45) is 10.8 Å². The minimum atomic E-state index is -4.90. The van der Waals surface area contributed by atoms with E-state index in [2.05, 4.69) is 0 Å². The van der Waals surface area contributed by atoms with Crippen LogP contribution in [0.15, 0.2) is 0 Å². The normalized spacial score (nSPS) is 17.7. The molecule has 0 aliphatic rings. The Kier molecular flexibility index (Phi) is 5.23. The van der Waals surface area contributed by atoms with Crippen LogP contribution in [0, 0.1) is 10.8 Å². The first-order chi connectivity index (χ1) is 7.93. The Morgan fingerprint density at radius 2 is 1.17 bits per heavy atom. The van der Waals surface area contributed by atoms with Crippen LogP contribution < -0.4 is 0 Å². The lowest BCUT2D eigenvalue weighted by Gasteiger charge is -2.48. The van der Waals surface area contributed by atoms with E-state index < -0.39 is 29.3 Å². The zero-order valence-electron chi connectivity index (χ0n) is 11.7. The molecule has 1 atom stereocenters. The molecule has 0 nitrogen and oxygen atoms in total. The molecule has 0 radical (unpaired) electrons. The minimum absolute atomic E-state index is 0.0197. The number of rotatable bonds is 6. The first kappa shape index (κ1) is 17.6. The van der Waals surface area contributed by atoms with E-state index in [0.29, 0.717) is 6.92 Å². The Morgan fingerprint density at radius 1 is 0.778 bits per heavy atom. The van der Waals surface area contributed by atoms with Gasteiger partial charge in [0.2, 0.25) is 0 Å². The predicted octanol–water partition coefficient (Wildman–Crippen LogP) is 5.82. The van der Waals surface area contributed by atoms with Crippen LogP contribution in [-0.4, -0.2) is 12.1 Å². The fourth-order valence-corrected chi connectivity index (χ4v) is 2.34. The van der Waals surface area contributed by atoms with Gasteiger partial charge in [0.05, 0.1) is 0 Å². The third-order valence-electron chi connectivity index (χ3n) is 4.39. The van der Waals surface area contributed by atoms with Crippen molar-refractivity contribution in [3.8, 4) is 0 Å². The standard InChI is InChI=1S/C13H23F5/c1-6-9-11(5,13(16,17)18)12(14,15)10(4,7-2)8-3/h6-9H2,1-5H3. The smallest absolute Gasteiger partial charge is 0.205 e. The van der Waals surface area contributed by atoms with Crippen LogP contribution in [-0.2, 0) is 0 Å². The summed E-state index contributed by atoms with van der Waals surface area (Å²) in [6.45, 7) is 6.42. The van der Waals surface area contributed by atoms with Gasteiger partial charge >= 0.3 is 6.18 Å². The Balaban J connectivity index is 5.76. The summed E-state index contributed by atoms with van der Waals surface area (Å²) in [5.74, 6) is -3.78. The fraction of sp³-hybridized carbons (Fsp3) is 1.00. The summed E-state index contributed by atoms with van der Waals surface area (Å²) in [6.07, 6.45) is -5.34. The highest BCUT2D eigenvalue weighted by Crippen LogP contribution is 2.60. The highest BCUT2D eigenvalue weighted by Gasteiger charge is 2.70. The van der Waals surface area contributed by atoms with E-state index in [-0.39, 0.29) is 19.3 Å². The van der Waals surface area contributed by atoms with Gasteiger partial charge < -0.3 is 0 Å². The summed E-state index contributed by atoms with van der Waals surface area (Å²) in [5.41, 5.74) is -4.60. The number of hydrogen-bond acceptors (Lipinski definition) is 0. The molecule has 0 amide bonds. The molecular formula is C13H23F5. The van der Waals surface area contributed by atoms with Crippen molar-refractivity contribution in [3.63, 3.8) is 0 Å². The van der Waals surface area contributed by atoms with Crippen LogP contribution in [0.1, 0.15) is 60.3 Å². The summed E-state index contributed by atoms with van der Waals surface area (Å²) in [7, 11) is 0. The first-order valence-corrected chi connectivity index (χ1v) is 6.38. The highest BCUT2D eigenvalue weighted by molar-refractivity contribution is 5.02. The SMILES string of the molecule is CCCC(C)(C(F)(F)F)C(F)(F)C(C)(CC)CC. The molecule has 0 aromatic heterocycles. The van der Waals surface area contributed by atoms with Crippen LogP contribution in [0.5, 0.6) is 0 Å². The van der Waals surface area contributed by atoms with Crippen LogP contribution in [0.4, 0.5) is 22.0 Å². The third-order valence-corrected chi connectivity index (χ3v) is 4.39. The van der Waals surface area contributed by atoms with Gasteiger partial charge in [0.25, 0.3) is 5.92 Å². The molecule has 0 aliphatic carbocycles. The van der Waals surface area contributed by atoms with Crippen molar-refractivity contribution in [3.05, 3.63) is 0 Å². The lowest BCUT2D eigenvalue weighted by molar-refractivity contribution is -0.325. The van der Waals surface area contributed by atoms with Gasteiger partial charge in [-0.25, -0.2) is 8.78 Å². The van der Waals surface area contributed by atoms with Gasteiger partial charge in [-0.05, 0) is 26.2 Å². The lowest BCUT2D eigenvalue weighted by atomic mass is 9.64. The summed E-state index contributed by atoms with van der Waals surface area (Å²) in [4.78, 5) is 0. The minimum Gasteiger partial charge on any atom is -0.205 e. The quantitative estimate of drug-likeness (QED) is 0.535. The summed E-state index contributed by atoms with van der Waals surface area (Å²) in [5, 5.41) is 0. The fourth-order valence-electron chi connectivity index (χ4n) is 2.34. The molecule has 0 aliphatic heterocycles. The van der Waals surface area contributed by atoms with E-state index in [1.807, 2.05) is 0 Å². The Hall–Kier alpha value is -0.350. The molecule has 0 aromatic rings. The average molecular weight is 274 g/mol. The Morgan fingerprint density at radius 3 is 1.39 bits per heavy atom. The molecule has 0 saturated carbocycles. The van der Waals surface area contributed by atoms with Gasteiger partial charge in [-0.15, -0.1) is 0 Å². The maximum atomic E-state index is 14.5. The number of alkyl halides is 5. The van der Waals surface area contributed by atoms with E-state index in [1.54, 1.807) is 0 Å². The Bertz CT molecular complexity index is 265. The van der Waals surface area contributed by atoms with E-state index in [9.17, 15) is 22.0 Å². The molecule has 0 fully saturated rings. The summed E-state index contributed by atoms with van der Waals surface area (Å²) in [6, 6.07) is 0. The number of halogens is 5. The van der Waals surface area contributed by atoms with Crippen molar-refractivity contribution in [1.82, 2.24) is 0 Å². The monoisotopic (exact) mass is 274 g/mol. The van der Waals surface area contributed by atoms with Gasteiger partial charge in [-0.2, -0.15) is 13.2 Å². The molecule has 110 valence electrons. The second-order valence-electron chi connectivity index (χ2n) is 5.42. The average Bonchev–Trinajstić information content (AvgIpc) is 2.26. The van der Waals surface area contributed by atoms with E-state index in [4.69, 9.17) is 0 Å². The lowest BCUT2D eigenvalue weighted by Crippen LogP contribution is -2.57. The first-order valence-electron chi connectivity index (χ1n) is 6.38. The van der Waals surface area contributed by atoms with Crippen LogP contribution in [0.3, 0.4) is 0 Å². The Labute approximate surface area is 106 Å². The van der Waals surface area contributed by atoms with E-state index in [1.165, 1.54) is 27.7 Å². The second kappa shape index (κ2) is 5.33. The highest BCUT2D eigenvalue weighted by atomic mass is 19.4. The maximum absolute atomic E-state index is 14.5. The predicted molar refractivity (Wildman–Crippen MR) is 62.7 cm³/mol. The summed E-state index contributed by atoms with van der Waals surface area (Å²) >= 11 is 0. The van der Waals surface area contributed by atoms with Gasteiger partial charge in [0.15, 0.2) is 0 Å². The van der Waals surface area contributed by atoms with Crippen molar-refractivity contribution in [2.45, 2.75) is 72.4 Å². The maximum Gasteiger partial charge on any atom is 0.400 e. The van der Waals surface area contributed by atoms with Gasteiger partial charge in [-0.3, -0.25) is 0 Å². The van der Waals surface area contributed by atoms with E-state index >= 15 is 0 Å². The molecule has 0 spiro atoms. The van der Waals surface area contributed by atoms with Gasteiger partial charge in [0.1, 0.15) is 5.41 Å². The van der Waals surface area contributed by atoms with E-state index in [0.717, 1.165) is 0 Å².